The molecule has 2 aromatic rings. The van der Waals surface area contributed by atoms with Crippen molar-refractivity contribution < 1.29 is 17.9 Å². The second-order valence-electron chi connectivity index (χ2n) is 7.30. The van der Waals surface area contributed by atoms with E-state index in [9.17, 15) is 8.42 Å². The Balaban J connectivity index is 1.97. The predicted octanol–water partition coefficient (Wildman–Crippen LogP) is 2.40. The average molecular weight is 379 g/mol. The van der Waals surface area contributed by atoms with Crippen LogP contribution in [-0.2, 0) is 28.5 Å². The minimum Gasteiger partial charge on any atom is -0.497 e. The molecule has 0 atom stereocenters. The van der Waals surface area contributed by atoms with Crippen LogP contribution in [0.25, 0.3) is 0 Å². The van der Waals surface area contributed by atoms with Gasteiger partial charge in [-0.15, -0.1) is 0 Å². The van der Waals surface area contributed by atoms with Crippen molar-refractivity contribution in [1.82, 2.24) is 14.1 Å². The molecule has 1 aliphatic heterocycles. The molecule has 142 valence electrons. The van der Waals surface area contributed by atoms with Gasteiger partial charge in [-0.3, -0.25) is 4.68 Å². The third-order valence-corrected chi connectivity index (χ3v) is 6.39. The summed E-state index contributed by atoms with van der Waals surface area (Å²) in [6.07, 6.45) is 2.39. The van der Waals surface area contributed by atoms with Gasteiger partial charge in [0, 0.05) is 36.8 Å². The molecule has 0 N–H and O–H groups in total. The van der Waals surface area contributed by atoms with E-state index < -0.39 is 10.0 Å². The number of sulfonamides is 1. The molecule has 0 bridgehead atoms. The lowest BCUT2D eigenvalue weighted by atomic mass is 10.1. The molecule has 0 fully saturated rings. The molecule has 3 rings (SSSR count). The van der Waals surface area contributed by atoms with Crippen LogP contribution in [0.5, 0.6) is 11.5 Å². The fraction of sp³-hybridized carbons (Fsp3) is 0.500. The number of hydrogen-bond donors (Lipinski definition) is 0. The smallest absolute Gasteiger partial charge is 0.247 e. The highest BCUT2D eigenvalue weighted by Gasteiger charge is 2.33. The molecule has 1 aromatic carbocycles. The molecule has 2 heterocycles. The maximum absolute atomic E-state index is 13.2. The molecule has 1 aromatic heterocycles. The molecule has 8 heteroatoms. The molecule has 0 spiro atoms. The van der Waals surface area contributed by atoms with Gasteiger partial charge in [0.05, 0.1) is 26.0 Å². The second kappa shape index (κ2) is 6.59. The van der Waals surface area contributed by atoms with E-state index in [1.165, 1.54) is 24.6 Å². The SMILES string of the molecule is COc1ccc(OC)c(S(=O)(=O)N2CCc3c(cnn3C(C)(C)C)C2)c1. The van der Waals surface area contributed by atoms with Gasteiger partial charge in [0.15, 0.2) is 0 Å². The Kier molecular flexibility index (Phi) is 4.74. The summed E-state index contributed by atoms with van der Waals surface area (Å²) in [4.78, 5) is 0.117. The van der Waals surface area contributed by atoms with Crippen LogP contribution in [0.15, 0.2) is 29.3 Å². The molecule has 26 heavy (non-hydrogen) atoms. The fourth-order valence-electron chi connectivity index (χ4n) is 3.21. The van der Waals surface area contributed by atoms with E-state index in [4.69, 9.17) is 9.47 Å². The van der Waals surface area contributed by atoms with Gasteiger partial charge < -0.3 is 9.47 Å². The van der Waals surface area contributed by atoms with E-state index in [0.29, 0.717) is 31.0 Å². The molecule has 0 saturated carbocycles. The summed E-state index contributed by atoms with van der Waals surface area (Å²) in [5.41, 5.74) is 1.91. The molecule has 1 aliphatic rings. The summed E-state index contributed by atoms with van der Waals surface area (Å²) >= 11 is 0. The van der Waals surface area contributed by atoms with Crippen LogP contribution in [0.3, 0.4) is 0 Å². The first-order valence-corrected chi connectivity index (χ1v) is 9.91. The Labute approximate surface area is 154 Å². The number of hydrogen-bond acceptors (Lipinski definition) is 5. The van der Waals surface area contributed by atoms with Crippen molar-refractivity contribution in [3.63, 3.8) is 0 Å². The lowest BCUT2D eigenvalue weighted by Gasteiger charge is -2.30. The van der Waals surface area contributed by atoms with Crippen molar-refractivity contribution in [2.45, 2.75) is 44.2 Å². The highest BCUT2D eigenvalue weighted by atomic mass is 32.2. The lowest BCUT2D eigenvalue weighted by Crippen LogP contribution is -2.37. The molecule has 0 amide bonds. The van der Waals surface area contributed by atoms with E-state index in [1.807, 2.05) is 4.68 Å². The van der Waals surface area contributed by atoms with Gasteiger partial charge in [-0.05, 0) is 32.9 Å². The van der Waals surface area contributed by atoms with Crippen LogP contribution in [0.2, 0.25) is 0 Å². The van der Waals surface area contributed by atoms with E-state index in [2.05, 4.69) is 25.9 Å². The molecule has 0 aliphatic carbocycles. The first kappa shape index (κ1) is 18.7. The van der Waals surface area contributed by atoms with E-state index in [-0.39, 0.29) is 10.4 Å². The van der Waals surface area contributed by atoms with Crippen LogP contribution < -0.4 is 9.47 Å². The molecular formula is C18H25N3O4S. The molecule has 0 saturated heterocycles. The Bertz CT molecular complexity index is 913. The first-order valence-electron chi connectivity index (χ1n) is 8.47. The minimum atomic E-state index is -3.72. The highest BCUT2D eigenvalue weighted by Crippen LogP contribution is 2.33. The number of nitrogens with zero attached hydrogens (tertiary/aromatic N) is 3. The van der Waals surface area contributed by atoms with Gasteiger partial charge in [0.2, 0.25) is 10.0 Å². The van der Waals surface area contributed by atoms with Crippen molar-refractivity contribution in [3.05, 3.63) is 35.7 Å². The number of fused-ring (bicyclic) bond motifs is 1. The highest BCUT2D eigenvalue weighted by molar-refractivity contribution is 7.89. The van der Waals surface area contributed by atoms with E-state index in [1.54, 1.807) is 18.3 Å². The lowest BCUT2D eigenvalue weighted by molar-refractivity contribution is 0.324. The largest absolute Gasteiger partial charge is 0.497 e. The van der Waals surface area contributed by atoms with Crippen LogP contribution in [0, 0.1) is 0 Å². The maximum Gasteiger partial charge on any atom is 0.247 e. The van der Waals surface area contributed by atoms with Gasteiger partial charge in [0.25, 0.3) is 0 Å². The molecular weight excluding hydrogens is 354 g/mol. The fourth-order valence-corrected chi connectivity index (χ4v) is 4.80. The number of aromatic nitrogens is 2. The Morgan fingerprint density at radius 1 is 1.15 bits per heavy atom. The van der Waals surface area contributed by atoms with Crippen LogP contribution in [0.4, 0.5) is 0 Å². The molecule has 0 radical (unpaired) electrons. The predicted molar refractivity (Wildman–Crippen MR) is 98.1 cm³/mol. The third kappa shape index (κ3) is 3.19. The zero-order valence-electron chi connectivity index (χ0n) is 15.8. The minimum absolute atomic E-state index is 0.117. The van der Waals surface area contributed by atoms with Crippen molar-refractivity contribution in [3.8, 4) is 11.5 Å². The van der Waals surface area contributed by atoms with Crippen molar-refractivity contribution >= 4 is 10.0 Å². The number of ether oxygens (including phenoxy) is 2. The van der Waals surface area contributed by atoms with E-state index in [0.717, 1.165) is 11.3 Å². The number of benzene rings is 1. The Hall–Kier alpha value is -2.06. The Morgan fingerprint density at radius 3 is 2.50 bits per heavy atom. The first-order chi connectivity index (χ1) is 12.2. The quantitative estimate of drug-likeness (QED) is 0.816. The van der Waals surface area contributed by atoms with Gasteiger partial charge in [-0.25, -0.2) is 8.42 Å². The maximum atomic E-state index is 13.2. The summed E-state index contributed by atoms with van der Waals surface area (Å²) < 4.78 is 40.3. The van der Waals surface area contributed by atoms with Crippen molar-refractivity contribution in [2.24, 2.45) is 0 Å². The third-order valence-electron chi connectivity index (χ3n) is 4.52. The Morgan fingerprint density at radius 2 is 1.88 bits per heavy atom. The second-order valence-corrected chi connectivity index (χ2v) is 9.21. The van der Waals surface area contributed by atoms with Crippen LogP contribution in [0.1, 0.15) is 32.0 Å². The van der Waals surface area contributed by atoms with Crippen molar-refractivity contribution in [1.29, 1.82) is 0 Å². The topological polar surface area (TPSA) is 73.7 Å². The summed E-state index contributed by atoms with van der Waals surface area (Å²) in [6.45, 7) is 6.96. The zero-order chi connectivity index (χ0) is 19.1. The monoisotopic (exact) mass is 379 g/mol. The number of rotatable bonds is 4. The van der Waals surface area contributed by atoms with Gasteiger partial charge in [0.1, 0.15) is 16.4 Å². The zero-order valence-corrected chi connectivity index (χ0v) is 16.6. The summed E-state index contributed by atoms with van der Waals surface area (Å²) in [5.74, 6) is 0.782. The van der Waals surface area contributed by atoms with Gasteiger partial charge in [-0.1, -0.05) is 0 Å². The van der Waals surface area contributed by atoms with Gasteiger partial charge in [-0.2, -0.15) is 9.40 Å². The van der Waals surface area contributed by atoms with E-state index >= 15 is 0 Å². The molecule has 0 unspecified atom stereocenters. The summed E-state index contributed by atoms with van der Waals surface area (Å²) in [7, 11) is -0.748. The standard InChI is InChI=1S/C18H25N3O4S/c1-18(2,3)21-15-8-9-20(12-13(15)11-19-21)26(22,23)17-10-14(24-4)6-7-16(17)25-5/h6-7,10-11H,8-9,12H2,1-5H3. The van der Waals surface area contributed by atoms with Crippen LogP contribution >= 0.6 is 0 Å². The summed E-state index contributed by atoms with van der Waals surface area (Å²) in [6, 6.07) is 4.79. The normalized spacial score (nSPS) is 15.6. The van der Waals surface area contributed by atoms with Gasteiger partial charge >= 0.3 is 0 Å². The summed E-state index contributed by atoms with van der Waals surface area (Å²) in [5, 5.41) is 4.47. The van der Waals surface area contributed by atoms with Crippen molar-refractivity contribution in [2.75, 3.05) is 20.8 Å². The average Bonchev–Trinajstić information content (AvgIpc) is 3.04. The molecule has 7 nitrogen and oxygen atoms in total. The van der Waals surface area contributed by atoms with Crippen LogP contribution in [-0.4, -0.2) is 43.3 Å². The number of methoxy groups -OCH3 is 2.